The second kappa shape index (κ2) is 7.33. The Labute approximate surface area is 111 Å². The molecule has 0 aromatic carbocycles. The third-order valence-electron chi connectivity index (χ3n) is 2.46. The standard InChI is InChI=1S/C12H19N3O2S/c1-8-10(11(17)13-6-4-5-7-16)12(18-3)15-9(2)14-8/h16H,4-7H2,1-3H3,(H,13,17). The van der Waals surface area contributed by atoms with Gasteiger partial charge in [-0.3, -0.25) is 4.79 Å². The molecular formula is C12H19N3O2S. The van der Waals surface area contributed by atoms with Crippen molar-refractivity contribution in [2.24, 2.45) is 0 Å². The van der Waals surface area contributed by atoms with Crippen LogP contribution in [-0.2, 0) is 0 Å². The highest BCUT2D eigenvalue weighted by Gasteiger charge is 2.16. The van der Waals surface area contributed by atoms with E-state index in [2.05, 4.69) is 15.3 Å². The van der Waals surface area contributed by atoms with E-state index in [-0.39, 0.29) is 12.5 Å². The van der Waals surface area contributed by atoms with Crippen LogP contribution in [-0.4, -0.2) is 40.4 Å². The van der Waals surface area contributed by atoms with Gasteiger partial charge in [0.15, 0.2) is 0 Å². The number of carbonyl (C=O) groups is 1. The molecule has 0 unspecified atom stereocenters. The van der Waals surface area contributed by atoms with Gasteiger partial charge >= 0.3 is 0 Å². The molecule has 6 heteroatoms. The molecule has 5 nitrogen and oxygen atoms in total. The van der Waals surface area contributed by atoms with E-state index < -0.39 is 0 Å². The second-order valence-electron chi connectivity index (χ2n) is 3.93. The topological polar surface area (TPSA) is 75.1 Å². The lowest BCUT2D eigenvalue weighted by molar-refractivity contribution is 0.0947. The number of amides is 1. The molecule has 0 aliphatic rings. The van der Waals surface area contributed by atoms with Crippen LogP contribution < -0.4 is 5.32 Å². The Balaban J connectivity index is 2.78. The number of aliphatic hydroxyl groups is 1. The Morgan fingerprint density at radius 1 is 1.33 bits per heavy atom. The number of hydrogen-bond donors (Lipinski definition) is 2. The van der Waals surface area contributed by atoms with E-state index in [0.717, 1.165) is 6.42 Å². The van der Waals surface area contributed by atoms with Gasteiger partial charge in [-0.1, -0.05) is 0 Å². The summed E-state index contributed by atoms with van der Waals surface area (Å²) in [4.78, 5) is 20.5. The highest BCUT2D eigenvalue weighted by molar-refractivity contribution is 7.98. The van der Waals surface area contributed by atoms with Crippen LogP contribution >= 0.6 is 11.8 Å². The van der Waals surface area contributed by atoms with Crippen molar-refractivity contribution in [3.8, 4) is 0 Å². The van der Waals surface area contributed by atoms with Gasteiger partial charge in [0.25, 0.3) is 5.91 Å². The van der Waals surface area contributed by atoms with Crippen LogP contribution in [0.1, 0.15) is 34.7 Å². The summed E-state index contributed by atoms with van der Waals surface area (Å²) in [5, 5.41) is 12.2. The Morgan fingerprint density at radius 2 is 2.06 bits per heavy atom. The monoisotopic (exact) mass is 269 g/mol. The number of aliphatic hydroxyl groups excluding tert-OH is 1. The molecular weight excluding hydrogens is 250 g/mol. The van der Waals surface area contributed by atoms with Crippen LogP contribution in [0.25, 0.3) is 0 Å². The number of nitrogens with one attached hydrogen (secondary N) is 1. The SMILES string of the molecule is CSc1nc(C)nc(C)c1C(=O)NCCCCO. The Kier molecular flexibility index (Phi) is 6.07. The van der Waals surface area contributed by atoms with Crippen molar-refractivity contribution < 1.29 is 9.90 Å². The maximum absolute atomic E-state index is 12.1. The fraction of sp³-hybridized carbons (Fsp3) is 0.583. The number of carbonyl (C=O) groups excluding carboxylic acids is 1. The molecule has 1 aromatic heterocycles. The number of aryl methyl sites for hydroxylation is 2. The van der Waals surface area contributed by atoms with Gasteiger partial charge in [0, 0.05) is 13.2 Å². The highest BCUT2D eigenvalue weighted by Crippen LogP contribution is 2.20. The zero-order valence-electron chi connectivity index (χ0n) is 11.0. The average Bonchev–Trinajstić information content (AvgIpc) is 2.33. The molecule has 1 aromatic rings. The maximum atomic E-state index is 12.1. The fourth-order valence-electron chi connectivity index (χ4n) is 1.62. The number of rotatable bonds is 6. The van der Waals surface area contributed by atoms with Gasteiger partial charge in [-0.15, -0.1) is 11.8 Å². The van der Waals surface area contributed by atoms with Crippen molar-refractivity contribution in [2.75, 3.05) is 19.4 Å². The molecule has 0 spiro atoms. The van der Waals surface area contributed by atoms with Gasteiger partial charge in [0.05, 0.1) is 11.3 Å². The largest absolute Gasteiger partial charge is 0.396 e. The minimum Gasteiger partial charge on any atom is -0.396 e. The van der Waals surface area contributed by atoms with Crippen molar-refractivity contribution in [1.29, 1.82) is 0 Å². The van der Waals surface area contributed by atoms with E-state index >= 15 is 0 Å². The van der Waals surface area contributed by atoms with Gasteiger partial charge in [-0.2, -0.15) is 0 Å². The van der Waals surface area contributed by atoms with Gasteiger partial charge < -0.3 is 10.4 Å². The summed E-state index contributed by atoms with van der Waals surface area (Å²) in [6.07, 6.45) is 3.35. The molecule has 1 rings (SSSR count). The normalized spacial score (nSPS) is 10.4. The van der Waals surface area contributed by atoms with E-state index in [1.807, 2.05) is 20.1 Å². The van der Waals surface area contributed by atoms with E-state index in [0.29, 0.717) is 35.1 Å². The van der Waals surface area contributed by atoms with Gasteiger partial charge in [-0.25, -0.2) is 9.97 Å². The smallest absolute Gasteiger partial charge is 0.255 e. The predicted molar refractivity (Wildman–Crippen MR) is 71.9 cm³/mol. The van der Waals surface area contributed by atoms with Crippen molar-refractivity contribution in [2.45, 2.75) is 31.7 Å². The summed E-state index contributed by atoms with van der Waals surface area (Å²) in [7, 11) is 0. The summed E-state index contributed by atoms with van der Waals surface area (Å²) in [6, 6.07) is 0. The number of thioether (sulfide) groups is 1. The number of nitrogens with zero attached hydrogens (tertiary/aromatic N) is 2. The molecule has 0 aliphatic heterocycles. The third-order valence-corrected chi connectivity index (χ3v) is 3.14. The molecule has 1 heterocycles. The zero-order valence-corrected chi connectivity index (χ0v) is 11.8. The molecule has 18 heavy (non-hydrogen) atoms. The van der Waals surface area contributed by atoms with Crippen LogP contribution in [0.15, 0.2) is 5.03 Å². The predicted octanol–water partition coefficient (Wildman–Crippen LogP) is 1.32. The first-order valence-corrected chi connectivity index (χ1v) is 7.11. The number of hydrogen-bond acceptors (Lipinski definition) is 5. The first kappa shape index (κ1) is 14.9. The van der Waals surface area contributed by atoms with Crippen molar-refractivity contribution in [1.82, 2.24) is 15.3 Å². The van der Waals surface area contributed by atoms with Crippen LogP contribution in [0.3, 0.4) is 0 Å². The van der Waals surface area contributed by atoms with Crippen molar-refractivity contribution in [3.63, 3.8) is 0 Å². The summed E-state index contributed by atoms with van der Waals surface area (Å²) >= 11 is 1.44. The minimum absolute atomic E-state index is 0.144. The van der Waals surface area contributed by atoms with Crippen LogP contribution in [0, 0.1) is 13.8 Å². The van der Waals surface area contributed by atoms with Crippen LogP contribution in [0.2, 0.25) is 0 Å². The quantitative estimate of drug-likeness (QED) is 0.463. The Morgan fingerprint density at radius 3 is 2.67 bits per heavy atom. The molecule has 0 radical (unpaired) electrons. The second-order valence-corrected chi connectivity index (χ2v) is 4.72. The molecule has 2 N–H and O–H groups in total. The molecule has 0 atom stereocenters. The van der Waals surface area contributed by atoms with E-state index in [1.165, 1.54) is 11.8 Å². The lowest BCUT2D eigenvalue weighted by Crippen LogP contribution is -2.26. The van der Waals surface area contributed by atoms with E-state index in [9.17, 15) is 4.79 Å². The molecule has 0 saturated heterocycles. The Hall–Kier alpha value is -1.14. The molecule has 100 valence electrons. The molecule has 0 saturated carbocycles. The zero-order chi connectivity index (χ0) is 13.5. The van der Waals surface area contributed by atoms with E-state index in [1.54, 1.807) is 0 Å². The average molecular weight is 269 g/mol. The highest BCUT2D eigenvalue weighted by atomic mass is 32.2. The maximum Gasteiger partial charge on any atom is 0.255 e. The molecule has 0 aliphatic carbocycles. The lowest BCUT2D eigenvalue weighted by atomic mass is 10.2. The first-order chi connectivity index (χ1) is 8.60. The molecule has 0 fully saturated rings. The summed E-state index contributed by atoms with van der Waals surface area (Å²) in [5.74, 6) is 0.531. The molecule has 1 amide bonds. The van der Waals surface area contributed by atoms with Gasteiger partial charge in [0.1, 0.15) is 10.9 Å². The van der Waals surface area contributed by atoms with Crippen molar-refractivity contribution in [3.05, 3.63) is 17.1 Å². The van der Waals surface area contributed by atoms with Crippen LogP contribution in [0.5, 0.6) is 0 Å². The molecule has 0 bridgehead atoms. The third kappa shape index (κ3) is 3.96. The first-order valence-electron chi connectivity index (χ1n) is 5.88. The fourth-order valence-corrected chi connectivity index (χ4v) is 2.29. The number of unbranched alkanes of at least 4 members (excludes halogenated alkanes) is 1. The van der Waals surface area contributed by atoms with Crippen LogP contribution in [0.4, 0.5) is 0 Å². The van der Waals surface area contributed by atoms with Gasteiger partial charge in [0.2, 0.25) is 0 Å². The summed E-state index contributed by atoms with van der Waals surface area (Å²) in [5.41, 5.74) is 1.25. The van der Waals surface area contributed by atoms with Crippen molar-refractivity contribution >= 4 is 17.7 Å². The van der Waals surface area contributed by atoms with Gasteiger partial charge in [-0.05, 0) is 32.9 Å². The number of aromatic nitrogens is 2. The Bertz CT molecular complexity index is 424. The minimum atomic E-state index is -0.144. The lowest BCUT2D eigenvalue weighted by Gasteiger charge is -2.10. The summed E-state index contributed by atoms with van der Waals surface area (Å²) in [6.45, 7) is 4.34. The summed E-state index contributed by atoms with van der Waals surface area (Å²) < 4.78 is 0. The van der Waals surface area contributed by atoms with E-state index in [4.69, 9.17) is 5.11 Å².